The number of likely N-dealkylation sites (N-methyl/N-ethyl adjacent to an activating group) is 1. The van der Waals surface area contributed by atoms with Crippen LogP contribution in [0.1, 0.15) is 15.4 Å². The summed E-state index contributed by atoms with van der Waals surface area (Å²) in [6.07, 6.45) is 0. The normalized spacial score (nSPS) is 10.5. The number of esters is 1. The number of hydrogen-bond acceptors (Lipinski definition) is 7. The molecular formula is C20H18ClN3O4S2. The van der Waals surface area contributed by atoms with E-state index in [1.807, 2.05) is 16.8 Å². The lowest BCUT2D eigenvalue weighted by atomic mass is 10.3. The topological polar surface area (TPSA) is 88.6 Å². The quantitative estimate of drug-likeness (QED) is 0.533. The number of amides is 2. The molecule has 2 amide bonds. The van der Waals surface area contributed by atoms with E-state index in [0.717, 1.165) is 10.6 Å². The molecule has 2 heterocycles. The molecule has 0 aliphatic heterocycles. The second kappa shape index (κ2) is 9.84. The number of nitrogens with zero attached hydrogens (tertiary/aromatic N) is 2. The Bertz CT molecular complexity index is 1070. The maximum atomic E-state index is 12.4. The Morgan fingerprint density at radius 3 is 2.70 bits per heavy atom. The Hall–Kier alpha value is -2.75. The summed E-state index contributed by atoms with van der Waals surface area (Å²) in [5, 5.41) is 7.63. The van der Waals surface area contributed by atoms with Crippen molar-refractivity contribution in [2.24, 2.45) is 0 Å². The van der Waals surface area contributed by atoms with Crippen molar-refractivity contribution in [1.82, 2.24) is 9.88 Å². The Kier molecular flexibility index (Phi) is 7.20. The third-order valence-corrected chi connectivity index (χ3v) is 6.23. The first-order valence-electron chi connectivity index (χ1n) is 8.80. The van der Waals surface area contributed by atoms with E-state index in [2.05, 4.69) is 10.3 Å². The van der Waals surface area contributed by atoms with Crippen molar-refractivity contribution in [3.8, 4) is 10.6 Å². The average molecular weight is 464 g/mol. The van der Waals surface area contributed by atoms with Crippen LogP contribution >= 0.6 is 34.3 Å². The van der Waals surface area contributed by atoms with E-state index in [-0.39, 0.29) is 6.54 Å². The standard InChI is InChI=1S/C20H18ClN3O4S2/c1-12-18(30-19(22-12)13-7-8-29-11-13)20(27)28-10-17(26)24(2)9-16(25)23-15-6-4-3-5-14(15)21/h3-8,11H,9-10H2,1-2H3,(H,23,25). The molecule has 3 aromatic rings. The summed E-state index contributed by atoms with van der Waals surface area (Å²) in [7, 11) is 1.45. The van der Waals surface area contributed by atoms with Gasteiger partial charge in [-0.05, 0) is 30.5 Å². The predicted molar refractivity (Wildman–Crippen MR) is 118 cm³/mol. The summed E-state index contributed by atoms with van der Waals surface area (Å²) >= 11 is 8.76. The van der Waals surface area contributed by atoms with Gasteiger partial charge >= 0.3 is 5.97 Å². The van der Waals surface area contributed by atoms with E-state index >= 15 is 0 Å². The van der Waals surface area contributed by atoms with E-state index in [4.69, 9.17) is 16.3 Å². The number of benzene rings is 1. The molecule has 0 aliphatic rings. The largest absolute Gasteiger partial charge is 0.451 e. The Balaban J connectivity index is 1.51. The predicted octanol–water partition coefficient (Wildman–Crippen LogP) is 4.09. The Morgan fingerprint density at radius 1 is 1.23 bits per heavy atom. The minimum atomic E-state index is -0.617. The summed E-state index contributed by atoms with van der Waals surface area (Å²) in [6.45, 7) is 1.04. The molecule has 0 unspecified atom stereocenters. The number of anilines is 1. The second-order valence-corrected chi connectivity index (χ2v) is 8.49. The van der Waals surface area contributed by atoms with Gasteiger partial charge in [-0.2, -0.15) is 11.3 Å². The molecule has 0 spiro atoms. The van der Waals surface area contributed by atoms with E-state index in [1.54, 1.807) is 42.5 Å². The number of rotatable bonds is 7. The van der Waals surface area contributed by atoms with Crippen molar-refractivity contribution in [3.05, 3.63) is 56.7 Å². The third kappa shape index (κ3) is 5.44. The molecule has 0 saturated carbocycles. The van der Waals surface area contributed by atoms with Crippen molar-refractivity contribution in [2.45, 2.75) is 6.92 Å². The van der Waals surface area contributed by atoms with Crippen LogP contribution in [0.2, 0.25) is 5.02 Å². The number of aromatic nitrogens is 1. The molecule has 3 rings (SSSR count). The molecule has 10 heteroatoms. The number of carbonyl (C=O) groups excluding carboxylic acids is 3. The van der Waals surface area contributed by atoms with Crippen LogP contribution in [0.5, 0.6) is 0 Å². The number of halogens is 1. The van der Waals surface area contributed by atoms with Gasteiger partial charge in [0.2, 0.25) is 5.91 Å². The number of hydrogen-bond donors (Lipinski definition) is 1. The van der Waals surface area contributed by atoms with Crippen LogP contribution in [-0.4, -0.2) is 47.9 Å². The number of thiophene rings is 1. The smallest absolute Gasteiger partial charge is 0.350 e. The minimum absolute atomic E-state index is 0.205. The second-order valence-electron chi connectivity index (χ2n) is 6.30. The zero-order valence-corrected chi connectivity index (χ0v) is 18.6. The summed E-state index contributed by atoms with van der Waals surface area (Å²) in [4.78, 5) is 42.6. The number of ether oxygens (including phenoxy) is 1. The highest BCUT2D eigenvalue weighted by atomic mass is 35.5. The molecule has 1 N–H and O–H groups in total. The van der Waals surface area contributed by atoms with Crippen LogP contribution < -0.4 is 5.32 Å². The van der Waals surface area contributed by atoms with Crippen molar-refractivity contribution in [2.75, 3.05) is 25.5 Å². The molecule has 7 nitrogen and oxygen atoms in total. The molecule has 30 heavy (non-hydrogen) atoms. The molecular weight excluding hydrogens is 446 g/mol. The van der Waals surface area contributed by atoms with Crippen LogP contribution in [0.3, 0.4) is 0 Å². The van der Waals surface area contributed by atoms with E-state index in [0.29, 0.717) is 21.3 Å². The molecule has 0 bridgehead atoms. The first kappa shape index (κ1) is 21.9. The lowest BCUT2D eigenvalue weighted by Crippen LogP contribution is -2.37. The van der Waals surface area contributed by atoms with Crippen LogP contribution in [0.4, 0.5) is 5.69 Å². The zero-order valence-electron chi connectivity index (χ0n) is 16.2. The number of para-hydroxylation sites is 1. The summed E-state index contributed by atoms with van der Waals surface area (Å²) in [5.41, 5.74) is 1.94. The van der Waals surface area contributed by atoms with Gasteiger partial charge < -0.3 is 15.0 Å². The van der Waals surface area contributed by atoms with Crippen LogP contribution in [-0.2, 0) is 14.3 Å². The summed E-state index contributed by atoms with van der Waals surface area (Å²) < 4.78 is 5.13. The van der Waals surface area contributed by atoms with E-state index < -0.39 is 24.4 Å². The zero-order chi connectivity index (χ0) is 21.7. The molecule has 156 valence electrons. The van der Waals surface area contributed by atoms with Crippen LogP contribution in [0.15, 0.2) is 41.1 Å². The maximum absolute atomic E-state index is 12.4. The first-order valence-corrected chi connectivity index (χ1v) is 10.9. The van der Waals surface area contributed by atoms with Gasteiger partial charge in [-0.1, -0.05) is 23.7 Å². The van der Waals surface area contributed by atoms with Crippen molar-refractivity contribution in [1.29, 1.82) is 0 Å². The maximum Gasteiger partial charge on any atom is 0.350 e. The minimum Gasteiger partial charge on any atom is -0.451 e. The monoisotopic (exact) mass is 463 g/mol. The third-order valence-electron chi connectivity index (χ3n) is 4.03. The molecule has 2 aromatic heterocycles. The van der Waals surface area contributed by atoms with Crippen LogP contribution in [0.25, 0.3) is 10.6 Å². The number of carbonyl (C=O) groups is 3. The number of aryl methyl sites for hydroxylation is 1. The summed E-state index contributed by atoms with van der Waals surface area (Å²) in [6, 6.07) is 8.71. The van der Waals surface area contributed by atoms with Gasteiger partial charge in [-0.25, -0.2) is 9.78 Å². The highest BCUT2D eigenvalue weighted by Gasteiger charge is 2.20. The highest BCUT2D eigenvalue weighted by Crippen LogP contribution is 2.29. The van der Waals surface area contributed by atoms with Gasteiger partial charge in [-0.15, -0.1) is 11.3 Å². The molecule has 0 fully saturated rings. The molecule has 0 saturated heterocycles. The SMILES string of the molecule is Cc1nc(-c2ccsc2)sc1C(=O)OCC(=O)N(C)CC(=O)Nc1ccccc1Cl. The van der Waals surface area contributed by atoms with Crippen molar-refractivity contribution in [3.63, 3.8) is 0 Å². The van der Waals surface area contributed by atoms with Gasteiger partial charge in [-0.3, -0.25) is 9.59 Å². The van der Waals surface area contributed by atoms with Crippen LogP contribution in [0, 0.1) is 6.92 Å². The van der Waals surface area contributed by atoms with Gasteiger partial charge in [0.25, 0.3) is 5.91 Å². The molecule has 1 aromatic carbocycles. The van der Waals surface area contributed by atoms with Gasteiger partial charge in [0.1, 0.15) is 9.88 Å². The van der Waals surface area contributed by atoms with E-state index in [1.165, 1.54) is 23.3 Å². The molecule has 0 atom stereocenters. The first-order chi connectivity index (χ1) is 14.3. The average Bonchev–Trinajstić information content (AvgIpc) is 3.37. The van der Waals surface area contributed by atoms with Gasteiger partial charge in [0.05, 0.1) is 22.9 Å². The lowest BCUT2D eigenvalue weighted by molar-refractivity contribution is -0.136. The fourth-order valence-corrected chi connectivity index (χ4v) is 4.31. The Morgan fingerprint density at radius 2 is 2.00 bits per heavy atom. The van der Waals surface area contributed by atoms with Crippen molar-refractivity contribution < 1.29 is 19.1 Å². The lowest BCUT2D eigenvalue weighted by Gasteiger charge is -2.17. The fourth-order valence-electron chi connectivity index (χ4n) is 2.45. The van der Waals surface area contributed by atoms with Gasteiger partial charge in [0, 0.05) is 18.0 Å². The van der Waals surface area contributed by atoms with Gasteiger partial charge in [0.15, 0.2) is 6.61 Å². The highest BCUT2D eigenvalue weighted by molar-refractivity contribution is 7.17. The molecule has 0 aliphatic carbocycles. The fraction of sp³-hybridized carbons (Fsp3) is 0.200. The van der Waals surface area contributed by atoms with Crippen molar-refractivity contribution >= 4 is 57.7 Å². The number of nitrogens with one attached hydrogen (secondary N) is 1. The Labute approximate surface area is 186 Å². The molecule has 0 radical (unpaired) electrons. The summed E-state index contributed by atoms with van der Waals surface area (Å²) in [5.74, 6) is -1.53. The number of thiazole rings is 1. The van der Waals surface area contributed by atoms with E-state index in [9.17, 15) is 14.4 Å².